The molecule has 98 valence electrons. The van der Waals surface area contributed by atoms with Gasteiger partial charge in [0.2, 0.25) is 0 Å². The van der Waals surface area contributed by atoms with E-state index in [1.807, 2.05) is 6.92 Å². The molecule has 0 aliphatic heterocycles. The molecular weight excluding hydrogens is 252 g/mol. The van der Waals surface area contributed by atoms with Gasteiger partial charge >= 0.3 is 0 Å². The Morgan fingerprint density at radius 2 is 2.11 bits per heavy atom. The zero-order valence-electron chi connectivity index (χ0n) is 10.3. The van der Waals surface area contributed by atoms with Crippen LogP contribution in [0, 0.1) is 18.8 Å². The van der Waals surface area contributed by atoms with Gasteiger partial charge in [0.05, 0.1) is 12.3 Å². The predicted octanol–water partition coefficient (Wildman–Crippen LogP) is 0.605. The van der Waals surface area contributed by atoms with Crippen molar-refractivity contribution in [1.82, 2.24) is 4.72 Å². The number of anilines is 1. The third-order valence-corrected chi connectivity index (χ3v) is 3.17. The van der Waals surface area contributed by atoms with Gasteiger partial charge in [0.15, 0.2) is 0 Å². The van der Waals surface area contributed by atoms with E-state index in [-0.39, 0.29) is 6.61 Å². The van der Waals surface area contributed by atoms with Crippen LogP contribution in [0.5, 0.6) is 0 Å². The monoisotopic (exact) mass is 268 g/mol. The Morgan fingerprint density at radius 1 is 1.39 bits per heavy atom. The molecule has 0 atom stereocenters. The van der Waals surface area contributed by atoms with Crippen molar-refractivity contribution in [3.63, 3.8) is 0 Å². The summed E-state index contributed by atoms with van der Waals surface area (Å²) in [4.78, 5) is 0. The molecule has 1 aromatic rings. The molecule has 0 heterocycles. The van der Waals surface area contributed by atoms with Crippen LogP contribution in [-0.4, -0.2) is 27.2 Å². The molecule has 18 heavy (non-hydrogen) atoms. The Morgan fingerprint density at radius 3 is 2.72 bits per heavy atom. The van der Waals surface area contributed by atoms with Gasteiger partial charge in [-0.3, -0.25) is 4.72 Å². The maximum absolute atomic E-state index is 11.4. The van der Waals surface area contributed by atoms with Crippen molar-refractivity contribution in [2.75, 3.05) is 18.4 Å². The molecule has 3 N–H and O–H groups in total. The van der Waals surface area contributed by atoms with E-state index in [0.717, 1.165) is 5.56 Å². The highest BCUT2D eigenvalue weighted by Crippen LogP contribution is 2.17. The van der Waals surface area contributed by atoms with Gasteiger partial charge in [0, 0.05) is 19.0 Å². The summed E-state index contributed by atoms with van der Waals surface area (Å²) in [6, 6.07) is 5.25. The van der Waals surface area contributed by atoms with Gasteiger partial charge < -0.3 is 5.11 Å². The molecule has 0 amide bonds. The smallest absolute Gasteiger partial charge is 0.298 e. The van der Waals surface area contributed by atoms with Crippen LogP contribution < -0.4 is 9.44 Å². The molecule has 0 unspecified atom stereocenters. The van der Waals surface area contributed by atoms with Gasteiger partial charge in [-0.2, -0.15) is 8.42 Å². The SMILES string of the molecule is CNS(=O)(=O)Nc1ccc(C)cc1C#CCCO. The van der Waals surface area contributed by atoms with Crippen molar-refractivity contribution < 1.29 is 13.5 Å². The molecule has 0 saturated carbocycles. The minimum Gasteiger partial charge on any atom is -0.395 e. The third-order valence-electron chi connectivity index (χ3n) is 2.15. The van der Waals surface area contributed by atoms with Gasteiger partial charge in [-0.1, -0.05) is 17.9 Å². The van der Waals surface area contributed by atoms with Gasteiger partial charge in [-0.15, -0.1) is 0 Å². The lowest BCUT2D eigenvalue weighted by atomic mass is 10.1. The highest BCUT2D eigenvalue weighted by molar-refractivity contribution is 7.90. The molecule has 0 saturated heterocycles. The van der Waals surface area contributed by atoms with E-state index in [0.29, 0.717) is 17.7 Å². The number of hydrogen-bond acceptors (Lipinski definition) is 3. The lowest BCUT2D eigenvalue weighted by molar-refractivity contribution is 0.305. The summed E-state index contributed by atoms with van der Waals surface area (Å²) in [6.07, 6.45) is 0.353. The molecule has 5 nitrogen and oxygen atoms in total. The quantitative estimate of drug-likeness (QED) is 0.700. The highest BCUT2D eigenvalue weighted by atomic mass is 32.2. The van der Waals surface area contributed by atoms with Gasteiger partial charge in [-0.25, -0.2) is 4.72 Å². The second kappa shape index (κ2) is 6.40. The van der Waals surface area contributed by atoms with E-state index in [9.17, 15) is 8.42 Å². The molecule has 0 spiro atoms. The second-order valence-electron chi connectivity index (χ2n) is 3.63. The van der Waals surface area contributed by atoms with Gasteiger partial charge in [0.25, 0.3) is 10.2 Å². The average Bonchev–Trinajstić information content (AvgIpc) is 2.33. The van der Waals surface area contributed by atoms with Crippen LogP contribution in [-0.2, 0) is 10.2 Å². The fraction of sp³-hybridized carbons (Fsp3) is 0.333. The van der Waals surface area contributed by atoms with Crippen molar-refractivity contribution >= 4 is 15.9 Å². The van der Waals surface area contributed by atoms with E-state index < -0.39 is 10.2 Å². The molecule has 0 radical (unpaired) electrons. The second-order valence-corrected chi connectivity index (χ2v) is 5.25. The predicted molar refractivity (Wildman–Crippen MR) is 71.4 cm³/mol. The summed E-state index contributed by atoms with van der Waals surface area (Å²) in [5, 5.41) is 8.67. The fourth-order valence-corrected chi connectivity index (χ4v) is 1.83. The third kappa shape index (κ3) is 4.37. The summed E-state index contributed by atoms with van der Waals surface area (Å²) < 4.78 is 27.4. The normalized spacial score (nSPS) is 10.6. The molecule has 1 rings (SSSR count). The minimum atomic E-state index is -3.56. The first-order valence-corrected chi connectivity index (χ1v) is 6.88. The first kappa shape index (κ1) is 14.5. The minimum absolute atomic E-state index is 0.0175. The topological polar surface area (TPSA) is 78.4 Å². The number of aliphatic hydroxyl groups excluding tert-OH is 1. The average molecular weight is 268 g/mol. The molecule has 6 heteroatoms. The first-order valence-electron chi connectivity index (χ1n) is 5.40. The number of benzene rings is 1. The number of aliphatic hydroxyl groups is 1. The van der Waals surface area contributed by atoms with Crippen LogP contribution in [0.15, 0.2) is 18.2 Å². The number of nitrogens with one attached hydrogen (secondary N) is 2. The van der Waals surface area contributed by atoms with Gasteiger partial charge in [-0.05, 0) is 24.6 Å². The van der Waals surface area contributed by atoms with E-state index in [1.165, 1.54) is 7.05 Å². The van der Waals surface area contributed by atoms with Crippen molar-refractivity contribution in [3.8, 4) is 11.8 Å². The maximum Gasteiger partial charge on any atom is 0.298 e. The molecule has 0 aromatic heterocycles. The Balaban J connectivity index is 3.09. The Bertz CT molecular complexity index is 571. The number of aryl methyl sites for hydroxylation is 1. The summed E-state index contributed by atoms with van der Waals surface area (Å²) in [5.41, 5.74) is 1.98. The van der Waals surface area contributed by atoms with Crippen LogP contribution in [0.25, 0.3) is 0 Å². The zero-order valence-corrected chi connectivity index (χ0v) is 11.1. The summed E-state index contributed by atoms with van der Waals surface area (Å²) in [6.45, 7) is 1.88. The Labute approximate surface area is 107 Å². The Hall–Kier alpha value is -1.55. The molecular formula is C12H16N2O3S. The van der Waals surface area contributed by atoms with Crippen LogP contribution in [0.4, 0.5) is 5.69 Å². The maximum atomic E-state index is 11.4. The van der Waals surface area contributed by atoms with Crippen molar-refractivity contribution in [2.24, 2.45) is 0 Å². The fourth-order valence-electron chi connectivity index (χ4n) is 1.26. The van der Waals surface area contributed by atoms with Crippen LogP contribution >= 0.6 is 0 Å². The molecule has 0 fully saturated rings. The Kier molecular flexibility index (Phi) is 5.16. The van der Waals surface area contributed by atoms with Crippen molar-refractivity contribution in [2.45, 2.75) is 13.3 Å². The first-order chi connectivity index (χ1) is 8.48. The lowest BCUT2D eigenvalue weighted by Crippen LogP contribution is -2.26. The van der Waals surface area contributed by atoms with E-state index in [1.54, 1.807) is 18.2 Å². The number of hydrogen-bond donors (Lipinski definition) is 3. The van der Waals surface area contributed by atoms with E-state index in [4.69, 9.17) is 5.11 Å². The summed E-state index contributed by atoms with van der Waals surface area (Å²) in [7, 11) is -2.23. The molecule has 1 aromatic carbocycles. The number of rotatable bonds is 4. The molecule has 0 aliphatic carbocycles. The molecule has 0 bridgehead atoms. The molecule has 0 aliphatic rings. The van der Waals surface area contributed by atoms with Gasteiger partial charge in [0.1, 0.15) is 0 Å². The van der Waals surface area contributed by atoms with Crippen LogP contribution in [0.2, 0.25) is 0 Å². The largest absolute Gasteiger partial charge is 0.395 e. The van der Waals surface area contributed by atoms with E-state index >= 15 is 0 Å². The highest BCUT2D eigenvalue weighted by Gasteiger charge is 2.09. The van der Waals surface area contributed by atoms with Crippen molar-refractivity contribution in [1.29, 1.82) is 0 Å². The van der Waals surface area contributed by atoms with E-state index in [2.05, 4.69) is 21.3 Å². The zero-order chi connectivity index (χ0) is 13.6. The summed E-state index contributed by atoms with van der Waals surface area (Å²) >= 11 is 0. The van der Waals surface area contributed by atoms with Crippen molar-refractivity contribution in [3.05, 3.63) is 29.3 Å². The standard InChI is InChI=1S/C12H16N2O3S/c1-10-6-7-12(14-18(16,17)13-2)11(9-10)5-3-4-8-15/h6-7,9,13-15H,4,8H2,1-2H3. The van der Waals surface area contributed by atoms with Crippen LogP contribution in [0.3, 0.4) is 0 Å². The van der Waals surface area contributed by atoms with Crippen LogP contribution in [0.1, 0.15) is 17.5 Å². The summed E-state index contributed by atoms with van der Waals surface area (Å²) in [5.74, 6) is 5.60. The lowest BCUT2D eigenvalue weighted by Gasteiger charge is -2.09.